The van der Waals surface area contributed by atoms with Gasteiger partial charge in [0.15, 0.2) is 0 Å². The van der Waals surface area contributed by atoms with E-state index < -0.39 is 22.8 Å². The standard InChI is InChI=1S/C11H9N3O6/c1-20-13-10(16)9(15)12(11(13)17)6-7-2-4-8(5-3-7)14(18)19/h2-5H,6H2,1H3. The van der Waals surface area contributed by atoms with Crippen molar-refractivity contribution in [2.75, 3.05) is 7.11 Å². The van der Waals surface area contributed by atoms with Crippen molar-refractivity contribution in [3.8, 4) is 0 Å². The van der Waals surface area contributed by atoms with E-state index in [1.54, 1.807) is 0 Å². The van der Waals surface area contributed by atoms with E-state index >= 15 is 0 Å². The Bertz CT molecular complexity index is 597. The van der Waals surface area contributed by atoms with Crippen molar-refractivity contribution in [3.63, 3.8) is 0 Å². The smallest absolute Gasteiger partial charge is 0.265 e. The normalized spacial score (nSPS) is 15.2. The van der Waals surface area contributed by atoms with Gasteiger partial charge in [0, 0.05) is 12.1 Å². The second kappa shape index (κ2) is 5.05. The van der Waals surface area contributed by atoms with E-state index in [1.807, 2.05) is 0 Å². The summed E-state index contributed by atoms with van der Waals surface area (Å²) in [6.45, 7) is -0.165. The third kappa shape index (κ3) is 2.21. The molecule has 9 heteroatoms. The largest absolute Gasteiger partial charge is 0.359 e. The number of nitro benzene ring substituents is 1. The van der Waals surface area contributed by atoms with Gasteiger partial charge in [0.05, 0.1) is 18.6 Å². The molecular formula is C11H9N3O6. The maximum absolute atomic E-state index is 11.7. The number of hydrogen-bond donors (Lipinski definition) is 0. The molecule has 0 atom stereocenters. The highest BCUT2D eigenvalue weighted by molar-refractivity contribution is 6.44. The molecule has 0 N–H and O–H groups in total. The molecule has 9 nitrogen and oxygen atoms in total. The van der Waals surface area contributed by atoms with Crippen LogP contribution in [0.1, 0.15) is 5.56 Å². The van der Waals surface area contributed by atoms with Gasteiger partial charge < -0.3 is 0 Å². The van der Waals surface area contributed by atoms with Crippen molar-refractivity contribution in [2.24, 2.45) is 0 Å². The van der Waals surface area contributed by atoms with E-state index in [4.69, 9.17) is 0 Å². The molecule has 1 heterocycles. The molecule has 0 radical (unpaired) electrons. The van der Waals surface area contributed by atoms with Gasteiger partial charge >= 0.3 is 17.8 Å². The summed E-state index contributed by atoms with van der Waals surface area (Å²) >= 11 is 0. The Morgan fingerprint density at radius 2 is 1.75 bits per heavy atom. The molecule has 0 aliphatic carbocycles. The van der Waals surface area contributed by atoms with Gasteiger partial charge in [0.1, 0.15) is 0 Å². The molecule has 4 amide bonds. The lowest BCUT2D eigenvalue weighted by molar-refractivity contribution is -0.384. The molecular weight excluding hydrogens is 270 g/mol. The maximum Gasteiger partial charge on any atom is 0.359 e. The van der Waals surface area contributed by atoms with Crippen LogP contribution in [-0.2, 0) is 21.0 Å². The Morgan fingerprint density at radius 1 is 1.15 bits per heavy atom. The van der Waals surface area contributed by atoms with Crippen LogP contribution in [0.4, 0.5) is 10.5 Å². The van der Waals surface area contributed by atoms with Gasteiger partial charge in [-0.1, -0.05) is 12.1 Å². The van der Waals surface area contributed by atoms with E-state index in [1.165, 1.54) is 24.3 Å². The van der Waals surface area contributed by atoms with Crippen molar-refractivity contribution in [1.29, 1.82) is 0 Å². The van der Waals surface area contributed by atoms with E-state index in [9.17, 15) is 24.5 Å². The van der Waals surface area contributed by atoms with Crippen LogP contribution in [0.15, 0.2) is 24.3 Å². The fraction of sp³-hybridized carbons (Fsp3) is 0.182. The van der Waals surface area contributed by atoms with Gasteiger partial charge in [-0.15, -0.1) is 5.06 Å². The third-order valence-corrected chi connectivity index (χ3v) is 2.69. The zero-order valence-corrected chi connectivity index (χ0v) is 10.3. The van der Waals surface area contributed by atoms with Gasteiger partial charge in [-0.25, -0.2) is 9.69 Å². The molecule has 1 fully saturated rings. The number of urea groups is 1. The number of non-ortho nitro benzene ring substituents is 1. The fourth-order valence-corrected chi connectivity index (χ4v) is 1.69. The molecule has 0 saturated carbocycles. The molecule has 1 aromatic rings. The lowest BCUT2D eigenvalue weighted by atomic mass is 10.2. The van der Waals surface area contributed by atoms with Crippen LogP contribution in [0.25, 0.3) is 0 Å². The molecule has 0 bridgehead atoms. The monoisotopic (exact) mass is 279 g/mol. The van der Waals surface area contributed by atoms with Crippen LogP contribution in [-0.4, -0.2) is 39.8 Å². The Kier molecular flexibility index (Phi) is 3.44. The SMILES string of the molecule is CON1C(=O)C(=O)N(Cc2ccc([N+](=O)[O-])cc2)C1=O. The quantitative estimate of drug-likeness (QED) is 0.342. The topological polar surface area (TPSA) is 110 Å². The second-order valence-corrected chi connectivity index (χ2v) is 3.88. The summed E-state index contributed by atoms with van der Waals surface area (Å²) in [4.78, 5) is 49.8. The number of rotatable bonds is 4. The minimum Gasteiger partial charge on any atom is -0.265 e. The summed E-state index contributed by atoms with van der Waals surface area (Å²) in [5, 5.41) is 10.9. The summed E-state index contributed by atoms with van der Waals surface area (Å²) in [7, 11) is 1.10. The average molecular weight is 279 g/mol. The summed E-state index contributed by atoms with van der Waals surface area (Å²) in [6.07, 6.45) is 0. The Hall–Kier alpha value is -2.81. The van der Waals surface area contributed by atoms with Crippen LogP contribution in [0, 0.1) is 10.1 Å². The molecule has 2 rings (SSSR count). The molecule has 1 aromatic carbocycles. The lowest BCUT2D eigenvalue weighted by Crippen LogP contribution is -2.32. The summed E-state index contributed by atoms with van der Waals surface area (Å²) in [6, 6.07) is 4.41. The Morgan fingerprint density at radius 3 is 2.20 bits per heavy atom. The number of hydroxylamine groups is 2. The van der Waals surface area contributed by atoms with Gasteiger partial charge in [0.25, 0.3) is 5.69 Å². The first-order valence-electron chi connectivity index (χ1n) is 5.43. The van der Waals surface area contributed by atoms with Crippen molar-refractivity contribution >= 4 is 23.5 Å². The van der Waals surface area contributed by atoms with Gasteiger partial charge in [-0.2, -0.15) is 0 Å². The van der Waals surface area contributed by atoms with Gasteiger partial charge in [-0.05, 0) is 5.56 Å². The number of amides is 4. The molecule has 1 aliphatic rings. The van der Waals surface area contributed by atoms with Gasteiger partial charge in [-0.3, -0.25) is 24.5 Å². The average Bonchev–Trinajstić information content (AvgIpc) is 2.63. The third-order valence-electron chi connectivity index (χ3n) is 2.69. The van der Waals surface area contributed by atoms with Crippen LogP contribution in [0.2, 0.25) is 0 Å². The lowest BCUT2D eigenvalue weighted by Gasteiger charge is -2.13. The predicted molar refractivity (Wildman–Crippen MR) is 62.9 cm³/mol. The highest BCUT2D eigenvalue weighted by atomic mass is 16.7. The summed E-state index contributed by atoms with van der Waals surface area (Å²) < 4.78 is 0. The number of nitrogens with zero attached hydrogens (tertiary/aromatic N) is 3. The number of imide groups is 2. The minimum absolute atomic E-state index is 0.109. The number of nitro groups is 1. The number of carbonyl (C=O) groups excluding carboxylic acids is 3. The minimum atomic E-state index is -1.07. The van der Waals surface area contributed by atoms with Crippen LogP contribution in [0.5, 0.6) is 0 Å². The second-order valence-electron chi connectivity index (χ2n) is 3.88. The van der Waals surface area contributed by atoms with Crippen LogP contribution >= 0.6 is 0 Å². The zero-order chi connectivity index (χ0) is 14.9. The fourth-order valence-electron chi connectivity index (χ4n) is 1.69. The molecule has 20 heavy (non-hydrogen) atoms. The first kappa shape index (κ1) is 13.6. The van der Waals surface area contributed by atoms with E-state index in [-0.39, 0.29) is 12.2 Å². The van der Waals surface area contributed by atoms with E-state index in [2.05, 4.69) is 4.84 Å². The van der Waals surface area contributed by atoms with Crippen molar-refractivity contribution in [2.45, 2.75) is 6.54 Å². The Labute approximate surface area is 112 Å². The van der Waals surface area contributed by atoms with Crippen molar-refractivity contribution < 1.29 is 24.1 Å². The zero-order valence-electron chi connectivity index (χ0n) is 10.3. The summed E-state index contributed by atoms with van der Waals surface area (Å²) in [5.41, 5.74) is 0.366. The molecule has 1 aliphatic heterocycles. The molecule has 0 spiro atoms. The highest BCUT2D eigenvalue weighted by Crippen LogP contribution is 2.18. The number of carbonyl (C=O) groups is 3. The maximum atomic E-state index is 11.7. The van der Waals surface area contributed by atoms with E-state index in [0.717, 1.165) is 7.11 Å². The number of benzene rings is 1. The van der Waals surface area contributed by atoms with Crippen LogP contribution in [0.3, 0.4) is 0 Å². The summed E-state index contributed by atoms with van der Waals surface area (Å²) in [5.74, 6) is -2.07. The highest BCUT2D eigenvalue weighted by Gasteiger charge is 2.45. The predicted octanol–water partition coefficient (Wildman–Crippen LogP) is 0.447. The van der Waals surface area contributed by atoms with Crippen molar-refractivity contribution in [3.05, 3.63) is 39.9 Å². The first-order chi connectivity index (χ1) is 9.45. The van der Waals surface area contributed by atoms with Crippen LogP contribution < -0.4 is 0 Å². The molecule has 1 saturated heterocycles. The van der Waals surface area contributed by atoms with E-state index in [0.29, 0.717) is 15.5 Å². The molecule has 0 aromatic heterocycles. The Balaban J connectivity index is 2.17. The molecule has 0 unspecified atom stereocenters. The van der Waals surface area contributed by atoms with Gasteiger partial charge in [0.2, 0.25) is 0 Å². The number of hydrogen-bond acceptors (Lipinski definition) is 6. The van der Waals surface area contributed by atoms with Crippen molar-refractivity contribution in [1.82, 2.24) is 9.96 Å². The first-order valence-corrected chi connectivity index (χ1v) is 5.43. The molecule has 104 valence electrons.